The predicted molar refractivity (Wildman–Crippen MR) is 176 cm³/mol. The highest BCUT2D eigenvalue weighted by Crippen LogP contribution is 2.42. The van der Waals surface area contributed by atoms with Gasteiger partial charge >= 0.3 is 11.9 Å². The van der Waals surface area contributed by atoms with Gasteiger partial charge in [0, 0.05) is 17.3 Å². The second-order valence-corrected chi connectivity index (χ2v) is 13.2. The van der Waals surface area contributed by atoms with Crippen LogP contribution in [0.1, 0.15) is 43.8 Å². The molecular weight excluding hydrogens is 645 g/mol. The standard InChI is InChI=1S/C32H32N6O7S2/c1-5-18-17-46-29-23(34-27(40)22(26-35-31(33)47-37-26)36-43-16-21(39)45-32(2,3)4)28(41)38(29)24(18)30(42)44-25(19-12-8-6-9-13-19)20-14-10-7-11-15-20/h5-15,23,25,29H,1,16-17H2,2-4H3,(H,34,40)(H2,33,35,37)/t23?,29-/m0/s1. The number of allylic oxidation sites excluding steroid dienone is 1. The highest BCUT2D eigenvalue weighted by molar-refractivity contribution is 8.00. The number of hydrogen-bond donors (Lipinski definition) is 2. The number of aromatic nitrogens is 2. The molecule has 244 valence electrons. The van der Waals surface area contributed by atoms with Crippen LogP contribution in [-0.4, -0.2) is 73.1 Å². The van der Waals surface area contributed by atoms with E-state index in [0.29, 0.717) is 11.3 Å². The Hall–Kier alpha value is -5.02. The summed E-state index contributed by atoms with van der Waals surface area (Å²) >= 11 is 2.17. The molecule has 2 aliphatic heterocycles. The fourth-order valence-corrected chi connectivity index (χ4v) is 6.56. The van der Waals surface area contributed by atoms with Gasteiger partial charge in [-0.25, -0.2) is 9.59 Å². The number of fused-ring (bicyclic) bond motifs is 1. The maximum atomic E-state index is 13.8. The van der Waals surface area contributed by atoms with Crippen LogP contribution in [0.5, 0.6) is 0 Å². The molecule has 15 heteroatoms. The molecule has 2 aromatic carbocycles. The molecule has 0 bridgehead atoms. The molecule has 13 nitrogen and oxygen atoms in total. The average Bonchev–Trinajstić information content (AvgIpc) is 3.48. The minimum Gasteiger partial charge on any atom is -0.457 e. The van der Waals surface area contributed by atoms with Crippen molar-refractivity contribution < 1.29 is 33.5 Å². The first-order valence-corrected chi connectivity index (χ1v) is 16.2. The average molecular weight is 677 g/mol. The molecule has 5 rings (SSSR count). The van der Waals surface area contributed by atoms with Crippen LogP contribution in [0.25, 0.3) is 0 Å². The van der Waals surface area contributed by atoms with Crippen molar-refractivity contribution in [3.05, 3.63) is 102 Å². The molecule has 0 spiro atoms. The first kappa shape index (κ1) is 33.3. The molecule has 0 saturated carbocycles. The number of amides is 2. The number of β-lactam (4-membered cyclic amide) rings is 1. The topological polar surface area (TPSA) is 175 Å². The zero-order valence-electron chi connectivity index (χ0n) is 25.7. The number of rotatable bonds is 11. The molecular formula is C32H32N6O7S2. The molecule has 1 saturated heterocycles. The van der Waals surface area contributed by atoms with Crippen LogP contribution in [-0.2, 0) is 33.5 Å². The number of nitrogen functional groups attached to an aromatic ring is 1. The lowest BCUT2D eigenvalue weighted by molar-refractivity contribution is -0.160. The Morgan fingerprint density at radius 2 is 1.77 bits per heavy atom. The first-order valence-electron chi connectivity index (χ1n) is 14.4. The zero-order valence-corrected chi connectivity index (χ0v) is 27.4. The van der Waals surface area contributed by atoms with Crippen molar-refractivity contribution in [2.75, 3.05) is 18.1 Å². The zero-order chi connectivity index (χ0) is 33.7. The van der Waals surface area contributed by atoms with Crippen LogP contribution in [0, 0.1) is 0 Å². The van der Waals surface area contributed by atoms with Crippen LogP contribution < -0.4 is 11.1 Å². The highest BCUT2D eigenvalue weighted by Gasteiger charge is 2.54. The summed E-state index contributed by atoms with van der Waals surface area (Å²) in [7, 11) is 0. The fraction of sp³-hybridized carbons (Fsp3) is 0.281. The summed E-state index contributed by atoms with van der Waals surface area (Å²) < 4.78 is 15.3. The number of anilines is 1. The number of nitrogens with one attached hydrogen (secondary N) is 1. The Balaban J connectivity index is 1.33. The number of oxime groups is 1. The maximum absolute atomic E-state index is 13.8. The third kappa shape index (κ3) is 7.69. The summed E-state index contributed by atoms with van der Waals surface area (Å²) in [5.74, 6) is -2.62. The largest absolute Gasteiger partial charge is 0.457 e. The summed E-state index contributed by atoms with van der Waals surface area (Å²) in [6.45, 7) is 8.33. The van der Waals surface area contributed by atoms with Gasteiger partial charge in [0.05, 0.1) is 0 Å². The normalized spacial score (nSPS) is 17.8. The number of benzene rings is 2. The van der Waals surface area contributed by atoms with Crippen molar-refractivity contribution in [2.24, 2.45) is 5.16 Å². The SMILES string of the molecule is C=CC1=C(C(=O)OC(c2ccccc2)c2ccccc2)N2C(=O)C(NC(=O)C(=NOCC(=O)OC(C)(C)C)c3nsc(N)n3)[C@@H]2SC1. The van der Waals surface area contributed by atoms with E-state index >= 15 is 0 Å². The van der Waals surface area contributed by atoms with Crippen LogP contribution in [0.15, 0.2) is 89.7 Å². The Bertz CT molecular complexity index is 1700. The van der Waals surface area contributed by atoms with Gasteiger partial charge in [-0.2, -0.15) is 9.36 Å². The van der Waals surface area contributed by atoms with Crippen molar-refractivity contribution in [3.63, 3.8) is 0 Å². The Morgan fingerprint density at radius 3 is 2.32 bits per heavy atom. The smallest absolute Gasteiger partial charge is 0.356 e. The summed E-state index contributed by atoms with van der Waals surface area (Å²) in [6.07, 6.45) is 0.783. The lowest BCUT2D eigenvalue weighted by Gasteiger charge is -2.49. The van der Waals surface area contributed by atoms with E-state index in [-0.39, 0.29) is 16.7 Å². The van der Waals surface area contributed by atoms with Gasteiger partial charge in [0.2, 0.25) is 18.1 Å². The molecule has 1 unspecified atom stereocenters. The van der Waals surface area contributed by atoms with Crippen LogP contribution in [0.2, 0.25) is 0 Å². The van der Waals surface area contributed by atoms with Crippen molar-refractivity contribution in [1.82, 2.24) is 19.6 Å². The van der Waals surface area contributed by atoms with Crippen LogP contribution in [0.3, 0.4) is 0 Å². The Morgan fingerprint density at radius 1 is 1.13 bits per heavy atom. The molecule has 2 aliphatic rings. The second-order valence-electron chi connectivity index (χ2n) is 11.3. The van der Waals surface area contributed by atoms with Gasteiger partial charge in [-0.05, 0) is 37.5 Å². The van der Waals surface area contributed by atoms with Gasteiger partial charge < -0.3 is 25.4 Å². The number of nitrogens with zero attached hydrogens (tertiary/aromatic N) is 4. The molecule has 1 aromatic heterocycles. The van der Waals surface area contributed by atoms with Crippen LogP contribution in [0.4, 0.5) is 5.13 Å². The number of ether oxygens (including phenoxy) is 2. The van der Waals surface area contributed by atoms with E-state index in [9.17, 15) is 19.2 Å². The number of carbonyl (C=O) groups is 4. The van der Waals surface area contributed by atoms with Crippen molar-refractivity contribution in [3.8, 4) is 0 Å². The first-order chi connectivity index (χ1) is 22.5. The summed E-state index contributed by atoms with van der Waals surface area (Å²) in [5, 5.41) is 5.85. The van der Waals surface area contributed by atoms with Gasteiger partial charge in [-0.15, -0.1) is 11.8 Å². The molecule has 47 heavy (non-hydrogen) atoms. The van der Waals surface area contributed by atoms with Crippen molar-refractivity contribution in [1.29, 1.82) is 0 Å². The van der Waals surface area contributed by atoms with Crippen LogP contribution >= 0.6 is 23.3 Å². The molecule has 2 atom stereocenters. The van der Waals surface area contributed by atoms with Gasteiger partial charge in [0.1, 0.15) is 22.7 Å². The number of carbonyl (C=O) groups excluding carboxylic acids is 4. The van der Waals surface area contributed by atoms with Gasteiger partial charge in [-0.3, -0.25) is 14.5 Å². The van der Waals surface area contributed by atoms with Gasteiger partial charge in [-0.1, -0.05) is 78.5 Å². The lowest BCUT2D eigenvalue weighted by atomic mass is 10.0. The monoisotopic (exact) mass is 676 g/mol. The third-order valence-electron chi connectivity index (χ3n) is 6.78. The van der Waals surface area contributed by atoms with E-state index in [1.54, 1.807) is 20.8 Å². The number of esters is 2. The Labute approximate surface area is 279 Å². The predicted octanol–water partition coefficient (Wildman–Crippen LogP) is 3.36. The molecule has 3 N–H and O–H groups in total. The summed E-state index contributed by atoms with van der Waals surface area (Å²) in [5.41, 5.74) is 6.65. The molecule has 0 aliphatic carbocycles. The van der Waals surface area contributed by atoms with Gasteiger partial charge in [0.25, 0.3) is 11.8 Å². The molecule has 1 fully saturated rings. The van der Waals surface area contributed by atoms with Gasteiger partial charge in [0.15, 0.2) is 11.2 Å². The van der Waals surface area contributed by atoms with E-state index in [2.05, 4.69) is 26.4 Å². The molecule has 3 aromatic rings. The summed E-state index contributed by atoms with van der Waals surface area (Å²) in [6, 6.07) is 17.5. The van der Waals surface area contributed by atoms with E-state index in [1.807, 2.05) is 60.7 Å². The Kier molecular flexibility index (Phi) is 10.1. The quantitative estimate of drug-likeness (QED) is 0.132. The third-order valence-corrected chi connectivity index (χ3v) is 8.63. The number of nitrogens with two attached hydrogens (primary N) is 1. The lowest BCUT2D eigenvalue weighted by Crippen LogP contribution is -2.71. The number of thioether (sulfide) groups is 1. The van der Waals surface area contributed by atoms with E-state index < -0.39 is 59.2 Å². The van der Waals surface area contributed by atoms with Crippen molar-refractivity contribution >= 4 is 57.9 Å². The second kappa shape index (κ2) is 14.2. The van der Waals surface area contributed by atoms with Crippen molar-refractivity contribution in [2.45, 2.75) is 43.9 Å². The van der Waals surface area contributed by atoms with E-state index in [4.69, 9.17) is 20.0 Å². The molecule has 0 radical (unpaired) electrons. The number of hydrogen-bond acceptors (Lipinski definition) is 13. The van der Waals surface area contributed by atoms with E-state index in [1.165, 1.54) is 22.7 Å². The minimum absolute atomic E-state index is 0.0552. The summed E-state index contributed by atoms with van der Waals surface area (Å²) in [4.78, 5) is 63.3. The highest BCUT2D eigenvalue weighted by atomic mass is 32.2. The minimum atomic E-state index is -1.03. The fourth-order valence-electron chi connectivity index (χ4n) is 4.78. The molecule has 3 heterocycles. The maximum Gasteiger partial charge on any atom is 0.356 e. The molecule has 2 amide bonds. The van der Waals surface area contributed by atoms with E-state index in [0.717, 1.165) is 22.7 Å².